The second-order valence-corrected chi connectivity index (χ2v) is 6.45. The zero-order valence-corrected chi connectivity index (χ0v) is 13.8. The Morgan fingerprint density at radius 2 is 1.38 bits per heavy atom. The maximum Gasteiger partial charge on any atom is 0.165 e. The molecule has 3 heterocycles. The van der Waals surface area contributed by atoms with Crippen LogP contribution in [-0.4, -0.2) is 19.5 Å². The first-order chi connectivity index (χ1) is 12.9. The van der Waals surface area contributed by atoms with E-state index in [1.54, 1.807) is 0 Å². The van der Waals surface area contributed by atoms with Crippen molar-refractivity contribution in [2.75, 3.05) is 0 Å². The van der Waals surface area contributed by atoms with Gasteiger partial charge in [0.05, 0.1) is 5.52 Å². The van der Waals surface area contributed by atoms with Gasteiger partial charge in [0.25, 0.3) is 0 Å². The summed E-state index contributed by atoms with van der Waals surface area (Å²) in [6.07, 6.45) is 0. The molecule has 0 fully saturated rings. The molecule has 122 valence electrons. The minimum atomic E-state index is 0.828. The van der Waals surface area contributed by atoms with E-state index in [2.05, 4.69) is 52.0 Å². The molecule has 0 atom stereocenters. The summed E-state index contributed by atoms with van der Waals surface area (Å²) >= 11 is 0. The van der Waals surface area contributed by atoms with Crippen molar-refractivity contribution in [3.63, 3.8) is 0 Å². The molecule has 0 aliphatic carbocycles. The third-order valence-corrected chi connectivity index (χ3v) is 4.94. The normalized spacial score (nSPS) is 11.8. The molecule has 6 rings (SSSR count). The summed E-state index contributed by atoms with van der Waals surface area (Å²) in [6, 6.07) is 26.9. The molecule has 6 aromatic rings. The number of H-pyrrole nitrogens is 1. The summed E-state index contributed by atoms with van der Waals surface area (Å²) in [6.45, 7) is 0. The Balaban J connectivity index is 1.86. The highest BCUT2D eigenvalue weighted by Gasteiger charge is 2.17. The van der Waals surface area contributed by atoms with Gasteiger partial charge >= 0.3 is 0 Å². The van der Waals surface area contributed by atoms with Gasteiger partial charge < -0.3 is 4.98 Å². The number of hydrogen-bond donors (Lipinski definition) is 1. The van der Waals surface area contributed by atoms with Crippen molar-refractivity contribution in [1.29, 1.82) is 0 Å². The fraction of sp³-hybridized carbons (Fsp3) is 0. The molecular weight excluding hydrogens is 320 g/mol. The van der Waals surface area contributed by atoms with Crippen LogP contribution in [0.5, 0.6) is 0 Å². The zero-order chi connectivity index (χ0) is 17.1. The Kier molecular flexibility index (Phi) is 2.58. The number of nitrogens with one attached hydrogen (secondary N) is 1. The molecule has 0 saturated carbocycles. The minimum Gasteiger partial charge on any atom is -0.338 e. The Bertz CT molecular complexity index is 1420. The third-order valence-electron chi connectivity index (χ3n) is 4.94. The molecule has 0 saturated heterocycles. The first kappa shape index (κ1) is 13.6. The average molecular weight is 334 g/mol. The summed E-state index contributed by atoms with van der Waals surface area (Å²) < 4.78 is 2.19. The van der Waals surface area contributed by atoms with Crippen LogP contribution in [-0.2, 0) is 0 Å². The molecule has 3 aromatic carbocycles. The van der Waals surface area contributed by atoms with Gasteiger partial charge in [-0.15, -0.1) is 0 Å². The average Bonchev–Trinajstić information content (AvgIpc) is 3.22. The number of aromatic amines is 1. The number of hydrogen-bond acceptors (Lipinski definition) is 2. The summed E-state index contributed by atoms with van der Waals surface area (Å²) in [5, 5.41) is 2.21. The molecule has 0 aliphatic rings. The smallest absolute Gasteiger partial charge is 0.165 e. The quantitative estimate of drug-likeness (QED) is 0.449. The SMILES string of the molecule is c1ccc(-n2c3ccccc3c3nc4[nH]c5ccccc5c4nc32)cc1. The van der Waals surface area contributed by atoms with E-state index in [1.165, 1.54) is 0 Å². The van der Waals surface area contributed by atoms with E-state index in [1.807, 2.05) is 36.4 Å². The number of benzene rings is 3. The van der Waals surface area contributed by atoms with Crippen LogP contribution in [0.3, 0.4) is 0 Å². The zero-order valence-electron chi connectivity index (χ0n) is 13.8. The molecule has 4 heteroatoms. The van der Waals surface area contributed by atoms with Gasteiger partial charge in [0.15, 0.2) is 11.3 Å². The largest absolute Gasteiger partial charge is 0.338 e. The van der Waals surface area contributed by atoms with Crippen LogP contribution >= 0.6 is 0 Å². The predicted molar refractivity (Wildman–Crippen MR) is 106 cm³/mol. The monoisotopic (exact) mass is 334 g/mol. The Morgan fingerprint density at radius 1 is 0.654 bits per heavy atom. The highest BCUT2D eigenvalue weighted by atomic mass is 15.1. The molecule has 1 N–H and O–H groups in total. The first-order valence-electron chi connectivity index (χ1n) is 8.63. The summed E-state index contributed by atoms with van der Waals surface area (Å²) in [7, 11) is 0. The van der Waals surface area contributed by atoms with Crippen LogP contribution in [0.4, 0.5) is 0 Å². The van der Waals surface area contributed by atoms with Crippen molar-refractivity contribution in [1.82, 2.24) is 19.5 Å². The fourth-order valence-corrected chi connectivity index (χ4v) is 3.79. The van der Waals surface area contributed by atoms with Crippen molar-refractivity contribution in [2.45, 2.75) is 0 Å². The minimum absolute atomic E-state index is 0.828. The first-order valence-corrected chi connectivity index (χ1v) is 8.63. The van der Waals surface area contributed by atoms with Crippen molar-refractivity contribution in [3.8, 4) is 5.69 Å². The lowest BCUT2D eigenvalue weighted by atomic mass is 10.2. The van der Waals surface area contributed by atoms with E-state index in [9.17, 15) is 0 Å². The highest BCUT2D eigenvalue weighted by Crippen LogP contribution is 2.32. The van der Waals surface area contributed by atoms with Gasteiger partial charge in [0.2, 0.25) is 0 Å². The molecule has 0 bridgehead atoms. The van der Waals surface area contributed by atoms with E-state index >= 15 is 0 Å². The fourth-order valence-electron chi connectivity index (χ4n) is 3.79. The van der Waals surface area contributed by atoms with Gasteiger partial charge in [-0.1, -0.05) is 54.6 Å². The van der Waals surface area contributed by atoms with Crippen molar-refractivity contribution < 1.29 is 0 Å². The lowest BCUT2D eigenvalue weighted by Crippen LogP contribution is -1.95. The summed E-state index contributed by atoms with van der Waals surface area (Å²) in [5.41, 5.74) is 6.81. The van der Waals surface area contributed by atoms with Gasteiger partial charge in [-0.2, -0.15) is 0 Å². The van der Waals surface area contributed by atoms with Crippen LogP contribution in [0, 0.1) is 0 Å². The molecule has 3 aromatic heterocycles. The Labute approximate surface area is 148 Å². The van der Waals surface area contributed by atoms with Gasteiger partial charge in [-0.25, -0.2) is 9.97 Å². The standard InChI is InChI=1S/C22H14N4/c1-2-8-14(9-3-1)26-18-13-7-5-11-16(18)20-22(26)25-19-15-10-4-6-12-17(15)23-21(19)24-20/h1-13H,(H,23,24). The van der Waals surface area contributed by atoms with E-state index in [4.69, 9.17) is 9.97 Å². The van der Waals surface area contributed by atoms with Gasteiger partial charge in [0.1, 0.15) is 11.0 Å². The third kappa shape index (κ3) is 1.73. The lowest BCUT2D eigenvalue weighted by Gasteiger charge is -2.06. The predicted octanol–water partition coefficient (Wildman–Crippen LogP) is 5.21. The van der Waals surface area contributed by atoms with E-state index in [0.29, 0.717) is 0 Å². The topological polar surface area (TPSA) is 46.5 Å². The molecule has 0 aliphatic heterocycles. The molecular formula is C22H14N4. The van der Waals surface area contributed by atoms with E-state index in [0.717, 1.165) is 49.8 Å². The van der Waals surface area contributed by atoms with Crippen LogP contribution in [0.1, 0.15) is 0 Å². The maximum atomic E-state index is 5.05. The molecule has 0 amide bonds. The van der Waals surface area contributed by atoms with Crippen LogP contribution < -0.4 is 0 Å². The number of para-hydroxylation sites is 3. The maximum absolute atomic E-state index is 5.05. The Hall–Kier alpha value is -3.66. The number of nitrogens with zero attached hydrogens (tertiary/aromatic N) is 3. The van der Waals surface area contributed by atoms with Crippen molar-refractivity contribution >= 4 is 44.1 Å². The molecule has 26 heavy (non-hydrogen) atoms. The van der Waals surface area contributed by atoms with Gasteiger partial charge in [0, 0.05) is 22.0 Å². The molecule has 0 spiro atoms. The highest BCUT2D eigenvalue weighted by molar-refractivity contribution is 6.11. The van der Waals surface area contributed by atoms with Crippen LogP contribution in [0.25, 0.3) is 49.8 Å². The second kappa shape index (κ2) is 4.92. The van der Waals surface area contributed by atoms with Gasteiger partial charge in [-0.3, -0.25) is 4.57 Å². The number of fused-ring (bicyclic) bond motifs is 6. The number of rotatable bonds is 1. The second-order valence-electron chi connectivity index (χ2n) is 6.45. The lowest BCUT2D eigenvalue weighted by molar-refractivity contribution is 1.14. The number of aromatic nitrogens is 4. The molecule has 4 nitrogen and oxygen atoms in total. The molecule has 0 unspecified atom stereocenters. The van der Waals surface area contributed by atoms with Crippen molar-refractivity contribution in [2.24, 2.45) is 0 Å². The summed E-state index contributed by atoms with van der Waals surface area (Å²) in [4.78, 5) is 13.4. The van der Waals surface area contributed by atoms with E-state index in [-0.39, 0.29) is 0 Å². The van der Waals surface area contributed by atoms with Crippen molar-refractivity contribution in [3.05, 3.63) is 78.9 Å². The molecule has 0 radical (unpaired) electrons. The van der Waals surface area contributed by atoms with Crippen LogP contribution in [0.2, 0.25) is 0 Å². The van der Waals surface area contributed by atoms with E-state index < -0.39 is 0 Å². The van der Waals surface area contributed by atoms with Crippen LogP contribution in [0.15, 0.2) is 78.9 Å². The Morgan fingerprint density at radius 3 is 2.27 bits per heavy atom. The summed E-state index contributed by atoms with van der Waals surface area (Å²) in [5.74, 6) is 0. The van der Waals surface area contributed by atoms with Gasteiger partial charge in [-0.05, 0) is 24.3 Å².